The van der Waals surface area contributed by atoms with Gasteiger partial charge in [-0.05, 0) is 12.8 Å². The molecule has 2 atom stereocenters. The van der Waals surface area contributed by atoms with Crippen molar-refractivity contribution in [1.29, 1.82) is 0 Å². The van der Waals surface area contributed by atoms with E-state index in [0.29, 0.717) is 17.4 Å². The maximum atomic E-state index is 12.8. The molecule has 0 fully saturated rings. The minimum Gasteiger partial charge on any atom is -0.545 e. The summed E-state index contributed by atoms with van der Waals surface area (Å²) in [5.41, 5.74) is 0. The van der Waals surface area contributed by atoms with Crippen LogP contribution in [0.3, 0.4) is 0 Å². The van der Waals surface area contributed by atoms with Crippen LogP contribution in [0, 0.1) is 0 Å². The number of carbonyl (C=O) groups excluding carboxylic acids is 3. The molecular formula is C54H105NO8. The average molecular weight is 896 g/mol. The first-order valence-corrected chi connectivity index (χ1v) is 27.2. The molecule has 0 bridgehead atoms. The van der Waals surface area contributed by atoms with E-state index in [0.717, 1.165) is 38.5 Å². The fourth-order valence-corrected chi connectivity index (χ4v) is 8.13. The number of unbranched alkanes of at least 4 members (excludes halogenated alkanes) is 36. The van der Waals surface area contributed by atoms with Gasteiger partial charge in [0.25, 0.3) is 0 Å². The van der Waals surface area contributed by atoms with Gasteiger partial charge >= 0.3 is 11.9 Å². The molecule has 9 nitrogen and oxygen atoms in total. The summed E-state index contributed by atoms with van der Waals surface area (Å²) in [6.45, 7) is 4.78. The molecule has 0 aliphatic heterocycles. The highest BCUT2D eigenvalue weighted by Crippen LogP contribution is 2.17. The molecule has 0 rings (SSSR count). The number of hydrogen-bond acceptors (Lipinski definition) is 8. The van der Waals surface area contributed by atoms with E-state index in [2.05, 4.69) is 13.8 Å². The van der Waals surface area contributed by atoms with E-state index < -0.39 is 24.3 Å². The van der Waals surface area contributed by atoms with Crippen molar-refractivity contribution in [2.45, 2.75) is 283 Å². The topological polar surface area (TPSA) is 111 Å². The van der Waals surface area contributed by atoms with Crippen LogP contribution in [-0.4, -0.2) is 82.3 Å². The third-order valence-electron chi connectivity index (χ3n) is 12.4. The van der Waals surface area contributed by atoms with Gasteiger partial charge in [-0.1, -0.05) is 245 Å². The summed E-state index contributed by atoms with van der Waals surface area (Å²) in [6.07, 6.45) is 47.4. The first-order valence-electron chi connectivity index (χ1n) is 27.2. The Balaban J connectivity index is 4.06. The highest BCUT2D eigenvalue weighted by atomic mass is 16.7. The second kappa shape index (κ2) is 46.8. The molecular weight excluding hydrogens is 791 g/mol. The van der Waals surface area contributed by atoms with Gasteiger partial charge < -0.3 is 33.3 Å². The van der Waals surface area contributed by atoms with Crippen LogP contribution in [0.1, 0.15) is 271 Å². The summed E-state index contributed by atoms with van der Waals surface area (Å²) in [5, 5.41) is 11.7. The normalized spacial score (nSPS) is 12.7. The van der Waals surface area contributed by atoms with Gasteiger partial charge in [0.2, 0.25) is 0 Å². The number of aliphatic carboxylic acids is 1. The van der Waals surface area contributed by atoms with Crippen molar-refractivity contribution in [2.75, 3.05) is 47.5 Å². The number of likely N-dealkylation sites (N-methyl/N-ethyl adjacent to an activating group) is 1. The molecule has 0 N–H and O–H groups in total. The zero-order valence-electron chi connectivity index (χ0n) is 42.5. The molecule has 0 saturated heterocycles. The summed E-state index contributed by atoms with van der Waals surface area (Å²) in [7, 11) is 5.92. The predicted octanol–water partition coefficient (Wildman–Crippen LogP) is 13.9. The van der Waals surface area contributed by atoms with Crippen LogP contribution in [0.15, 0.2) is 0 Å². The number of carboxylic acid groups (broad SMARTS) is 1. The number of esters is 2. The van der Waals surface area contributed by atoms with Gasteiger partial charge in [-0.3, -0.25) is 9.59 Å². The van der Waals surface area contributed by atoms with Crippen molar-refractivity contribution in [2.24, 2.45) is 0 Å². The quantitative estimate of drug-likeness (QED) is 0.0257. The Morgan fingerprint density at radius 1 is 0.413 bits per heavy atom. The molecule has 0 saturated carbocycles. The predicted molar refractivity (Wildman–Crippen MR) is 260 cm³/mol. The Hall–Kier alpha value is -1.71. The summed E-state index contributed by atoms with van der Waals surface area (Å²) in [6, 6.07) is 0. The second-order valence-corrected chi connectivity index (χ2v) is 19.9. The summed E-state index contributed by atoms with van der Waals surface area (Å²) >= 11 is 0. The SMILES string of the molecule is CCCCCCCCCCCCCCCCCCCCCCCCCCCCCCC(=O)OC(COC(=O)CCCCCCCCCCCC)COC(OCC[N+](C)(C)C)C(=O)[O-]. The van der Waals surface area contributed by atoms with Crippen molar-refractivity contribution in [1.82, 2.24) is 0 Å². The molecule has 0 heterocycles. The van der Waals surface area contributed by atoms with Gasteiger partial charge in [-0.15, -0.1) is 0 Å². The third-order valence-corrected chi connectivity index (χ3v) is 12.4. The van der Waals surface area contributed by atoms with Crippen molar-refractivity contribution in [3.05, 3.63) is 0 Å². The fraction of sp³-hybridized carbons (Fsp3) is 0.944. The molecule has 0 aromatic rings. The van der Waals surface area contributed by atoms with Crippen LogP contribution in [0.2, 0.25) is 0 Å². The zero-order valence-corrected chi connectivity index (χ0v) is 42.5. The van der Waals surface area contributed by atoms with E-state index in [9.17, 15) is 19.5 Å². The van der Waals surface area contributed by atoms with Crippen LogP contribution in [0.4, 0.5) is 0 Å². The number of carboxylic acids is 1. The maximum Gasteiger partial charge on any atom is 0.306 e. The number of quaternary nitrogens is 1. The van der Waals surface area contributed by atoms with E-state index in [4.69, 9.17) is 18.9 Å². The smallest absolute Gasteiger partial charge is 0.306 e. The highest BCUT2D eigenvalue weighted by molar-refractivity contribution is 5.70. The first-order chi connectivity index (χ1) is 30.6. The van der Waals surface area contributed by atoms with E-state index in [1.165, 1.54) is 205 Å². The molecule has 0 aliphatic carbocycles. The monoisotopic (exact) mass is 896 g/mol. The van der Waals surface area contributed by atoms with Gasteiger partial charge in [-0.25, -0.2) is 0 Å². The Morgan fingerprint density at radius 3 is 1.02 bits per heavy atom. The molecule has 63 heavy (non-hydrogen) atoms. The van der Waals surface area contributed by atoms with E-state index >= 15 is 0 Å². The summed E-state index contributed by atoms with van der Waals surface area (Å²) in [5.74, 6) is -2.26. The van der Waals surface area contributed by atoms with Crippen LogP contribution in [-0.2, 0) is 33.3 Å². The molecule has 374 valence electrons. The molecule has 0 aliphatic rings. The van der Waals surface area contributed by atoms with E-state index in [1.54, 1.807) is 0 Å². The standard InChI is InChI=1S/C54H105NO8/c1-6-8-10-12-14-16-18-19-20-21-22-23-24-25-26-27-28-29-30-31-32-33-34-35-37-39-41-43-45-52(57)63-50(49-62-54(53(58)59)60-47-46-55(3,4)5)48-61-51(56)44-42-40-38-36-17-15-13-11-9-7-2/h50,54H,6-49H2,1-5H3. The molecule has 0 spiro atoms. The minimum absolute atomic E-state index is 0.153. The van der Waals surface area contributed by atoms with E-state index in [1.807, 2.05) is 21.1 Å². The van der Waals surface area contributed by atoms with Gasteiger partial charge in [0.15, 0.2) is 12.4 Å². The minimum atomic E-state index is -1.61. The first kappa shape index (κ1) is 61.3. The number of hydrogen-bond donors (Lipinski definition) is 0. The largest absolute Gasteiger partial charge is 0.545 e. The Bertz CT molecular complexity index is 1000. The Morgan fingerprint density at radius 2 is 0.714 bits per heavy atom. The van der Waals surface area contributed by atoms with Crippen molar-refractivity contribution >= 4 is 17.9 Å². The Labute approximate surface area is 390 Å². The lowest BCUT2D eigenvalue weighted by Crippen LogP contribution is -2.44. The fourth-order valence-electron chi connectivity index (χ4n) is 8.13. The van der Waals surface area contributed by atoms with Crippen LogP contribution in [0.5, 0.6) is 0 Å². The zero-order chi connectivity index (χ0) is 46.3. The third kappa shape index (κ3) is 48.1. The number of nitrogens with zero attached hydrogens (tertiary/aromatic N) is 1. The summed E-state index contributed by atoms with van der Waals surface area (Å²) in [4.78, 5) is 37.0. The lowest BCUT2D eigenvalue weighted by Gasteiger charge is -2.26. The van der Waals surface area contributed by atoms with Gasteiger partial charge in [0, 0.05) is 12.8 Å². The van der Waals surface area contributed by atoms with Gasteiger partial charge in [-0.2, -0.15) is 0 Å². The lowest BCUT2D eigenvalue weighted by molar-refractivity contribution is -0.870. The molecule has 0 radical (unpaired) electrons. The summed E-state index contributed by atoms with van der Waals surface area (Å²) < 4.78 is 22.6. The van der Waals surface area contributed by atoms with Crippen molar-refractivity contribution in [3.8, 4) is 0 Å². The molecule has 0 amide bonds. The molecule has 9 heteroatoms. The number of ether oxygens (including phenoxy) is 4. The van der Waals surface area contributed by atoms with Crippen LogP contribution in [0.25, 0.3) is 0 Å². The van der Waals surface area contributed by atoms with Gasteiger partial charge in [0.1, 0.15) is 13.2 Å². The second-order valence-electron chi connectivity index (χ2n) is 19.9. The highest BCUT2D eigenvalue weighted by Gasteiger charge is 2.22. The molecule has 2 unspecified atom stereocenters. The molecule has 0 aromatic carbocycles. The molecule has 0 aromatic heterocycles. The van der Waals surface area contributed by atoms with Crippen LogP contribution < -0.4 is 5.11 Å². The average Bonchev–Trinajstić information content (AvgIpc) is 3.24. The maximum absolute atomic E-state index is 12.8. The van der Waals surface area contributed by atoms with Crippen LogP contribution >= 0.6 is 0 Å². The number of carbonyl (C=O) groups is 3. The van der Waals surface area contributed by atoms with Crippen molar-refractivity contribution < 1.29 is 42.9 Å². The van der Waals surface area contributed by atoms with Gasteiger partial charge in [0.05, 0.1) is 40.3 Å². The van der Waals surface area contributed by atoms with Crippen molar-refractivity contribution in [3.63, 3.8) is 0 Å². The number of rotatable bonds is 51. The Kier molecular flexibility index (Phi) is 45.5. The lowest BCUT2D eigenvalue weighted by atomic mass is 10.0. The van der Waals surface area contributed by atoms with E-state index in [-0.39, 0.29) is 32.2 Å².